The molecule has 132 valence electrons. The minimum absolute atomic E-state index is 0.145. The Balaban J connectivity index is 2.27. The van der Waals surface area contributed by atoms with Gasteiger partial charge >= 0.3 is 0 Å². The number of carbonyl (C=O) groups is 1. The van der Waals surface area contributed by atoms with Gasteiger partial charge < -0.3 is 5.32 Å². The number of sulfonamides is 1. The molecule has 1 aromatic carbocycles. The Hall–Kier alpha value is -1.37. The minimum atomic E-state index is -3.75. The first kappa shape index (κ1) is 19.0. The molecule has 0 heterocycles. The second-order valence-electron chi connectivity index (χ2n) is 5.89. The van der Waals surface area contributed by atoms with Gasteiger partial charge in [-0.2, -0.15) is 4.31 Å². The molecular weight excluding hydrogens is 348 g/mol. The van der Waals surface area contributed by atoms with E-state index in [2.05, 4.69) is 11.9 Å². The summed E-state index contributed by atoms with van der Waals surface area (Å²) >= 11 is 5.85. The zero-order chi connectivity index (χ0) is 17.6. The van der Waals surface area contributed by atoms with Gasteiger partial charge in [0.05, 0.1) is 11.4 Å². The number of hydrogen-bond donors (Lipinski definition) is 1. The molecule has 1 saturated carbocycles. The van der Waals surface area contributed by atoms with Crippen LogP contribution < -0.4 is 5.32 Å². The van der Waals surface area contributed by atoms with Gasteiger partial charge in [-0.05, 0) is 37.1 Å². The van der Waals surface area contributed by atoms with E-state index < -0.39 is 10.0 Å². The van der Waals surface area contributed by atoms with Crippen molar-refractivity contribution in [3.63, 3.8) is 0 Å². The van der Waals surface area contributed by atoms with Crippen molar-refractivity contribution in [3.8, 4) is 0 Å². The van der Waals surface area contributed by atoms with Gasteiger partial charge in [0.25, 0.3) is 0 Å². The monoisotopic (exact) mass is 370 g/mol. The number of nitrogens with zero attached hydrogens (tertiary/aromatic N) is 1. The van der Waals surface area contributed by atoms with Crippen molar-refractivity contribution in [3.05, 3.63) is 41.9 Å². The van der Waals surface area contributed by atoms with Crippen LogP contribution >= 0.6 is 11.6 Å². The Morgan fingerprint density at radius 2 is 1.88 bits per heavy atom. The molecule has 0 atom stereocenters. The van der Waals surface area contributed by atoms with Crippen molar-refractivity contribution in [2.45, 2.75) is 43.0 Å². The molecular formula is C17H23ClN2O3S. The van der Waals surface area contributed by atoms with Gasteiger partial charge in [-0.25, -0.2) is 8.42 Å². The molecule has 0 aliphatic heterocycles. The molecule has 1 fully saturated rings. The minimum Gasteiger partial charge on any atom is -0.351 e. The van der Waals surface area contributed by atoms with Crippen LogP contribution in [0.25, 0.3) is 0 Å². The fraction of sp³-hybridized carbons (Fsp3) is 0.471. The summed E-state index contributed by atoms with van der Waals surface area (Å²) in [5.41, 5.74) is 0. The molecule has 5 nitrogen and oxygen atoms in total. The van der Waals surface area contributed by atoms with Gasteiger partial charge in [-0.15, -0.1) is 6.58 Å². The number of hydrogen-bond acceptors (Lipinski definition) is 3. The predicted octanol–water partition coefficient (Wildman–Crippen LogP) is 2.97. The van der Waals surface area contributed by atoms with E-state index in [4.69, 9.17) is 11.6 Å². The van der Waals surface area contributed by atoms with Crippen LogP contribution in [-0.2, 0) is 14.8 Å². The molecule has 1 aromatic rings. The molecule has 1 amide bonds. The molecule has 0 bridgehead atoms. The van der Waals surface area contributed by atoms with Gasteiger partial charge in [0.2, 0.25) is 15.9 Å². The first-order valence-corrected chi connectivity index (χ1v) is 9.92. The van der Waals surface area contributed by atoms with Crippen molar-refractivity contribution in [1.29, 1.82) is 0 Å². The third kappa shape index (κ3) is 4.82. The topological polar surface area (TPSA) is 66.5 Å². The van der Waals surface area contributed by atoms with Crippen LogP contribution in [0.3, 0.4) is 0 Å². The molecule has 0 saturated heterocycles. The molecule has 0 radical (unpaired) electrons. The number of amides is 1. The summed E-state index contributed by atoms with van der Waals surface area (Å²) < 4.78 is 27.4. The zero-order valence-electron chi connectivity index (χ0n) is 13.6. The van der Waals surface area contributed by atoms with Gasteiger partial charge in [0.1, 0.15) is 0 Å². The van der Waals surface area contributed by atoms with E-state index in [1.54, 1.807) is 18.2 Å². The standard InChI is InChI=1S/C17H23ClN2O3S/c1-2-12-19-17(21)13-20(15-6-4-3-5-7-15)24(22,23)16-10-8-14(18)9-11-16/h2,8-11,15H,1,3-7,12-13H2,(H,19,21). The average Bonchev–Trinajstić information content (AvgIpc) is 2.59. The highest BCUT2D eigenvalue weighted by molar-refractivity contribution is 7.89. The summed E-state index contributed by atoms with van der Waals surface area (Å²) in [5.74, 6) is -0.321. The number of rotatable bonds is 7. The number of benzene rings is 1. The molecule has 1 aliphatic rings. The Bertz CT molecular complexity index is 668. The van der Waals surface area contributed by atoms with E-state index in [1.165, 1.54) is 16.4 Å². The van der Waals surface area contributed by atoms with Crippen LogP contribution in [0.15, 0.2) is 41.8 Å². The highest BCUT2D eigenvalue weighted by atomic mass is 35.5. The molecule has 2 rings (SSSR count). The maximum atomic E-state index is 13.0. The second kappa shape index (κ2) is 8.65. The number of carbonyl (C=O) groups excluding carboxylic acids is 1. The largest absolute Gasteiger partial charge is 0.351 e. The summed E-state index contributed by atoms with van der Waals surface area (Å²) in [4.78, 5) is 12.3. The van der Waals surface area contributed by atoms with Crippen LogP contribution in [0.5, 0.6) is 0 Å². The Morgan fingerprint density at radius 3 is 2.46 bits per heavy atom. The molecule has 1 N–H and O–H groups in total. The lowest BCUT2D eigenvalue weighted by molar-refractivity contribution is -0.121. The average molecular weight is 371 g/mol. The maximum absolute atomic E-state index is 13.0. The lowest BCUT2D eigenvalue weighted by atomic mass is 9.95. The van der Waals surface area contributed by atoms with E-state index >= 15 is 0 Å². The number of nitrogens with one attached hydrogen (secondary N) is 1. The van der Waals surface area contributed by atoms with Crippen LogP contribution in [0, 0.1) is 0 Å². The Labute approximate surface area is 148 Å². The van der Waals surface area contributed by atoms with Crippen LogP contribution in [0.4, 0.5) is 0 Å². The number of halogens is 1. The lowest BCUT2D eigenvalue weighted by Gasteiger charge is -2.33. The maximum Gasteiger partial charge on any atom is 0.243 e. The van der Waals surface area contributed by atoms with Gasteiger partial charge in [-0.3, -0.25) is 4.79 Å². The second-order valence-corrected chi connectivity index (χ2v) is 8.22. The van der Waals surface area contributed by atoms with Crippen molar-refractivity contribution >= 4 is 27.5 Å². The fourth-order valence-corrected chi connectivity index (χ4v) is 4.67. The zero-order valence-corrected chi connectivity index (χ0v) is 15.2. The third-order valence-electron chi connectivity index (χ3n) is 4.15. The van der Waals surface area contributed by atoms with Crippen LogP contribution in [0.1, 0.15) is 32.1 Å². The summed E-state index contributed by atoms with van der Waals surface area (Å²) in [6.07, 6.45) is 6.19. The Morgan fingerprint density at radius 1 is 1.25 bits per heavy atom. The van der Waals surface area contributed by atoms with Gasteiger partial charge in [0.15, 0.2) is 0 Å². The molecule has 0 unspecified atom stereocenters. The van der Waals surface area contributed by atoms with Crippen LogP contribution in [-0.4, -0.2) is 37.8 Å². The van der Waals surface area contributed by atoms with Gasteiger partial charge in [0, 0.05) is 17.6 Å². The Kier molecular flexibility index (Phi) is 6.83. The smallest absolute Gasteiger partial charge is 0.243 e. The highest BCUT2D eigenvalue weighted by Crippen LogP contribution is 2.28. The highest BCUT2D eigenvalue weighted by Gasteiger charge is 2.33. The van der Waals surface area contributed by atoms with E-state index in [0.29, 0.717) is 11.6 Å². The summed E-state index contributed by atoms with van der Waals surface area (Å²) in [6, 6.07) is 5.91. The summed E-state index contributed by atoms with van der Waals surface area (Å²) in [6.45, 7) is 3.69. The van der Waals surface area contributed by atoms with Crippen molar-refractivity contribution in [2.24, 2.45) is 0 Å². The van der Waals surface area contributed by atoms with Crippen molar-refractivity contribution in [1.82, 2.24) is 9.62 Å². The van der Waals surface area contributed by atoms with Crippen LogP contribution in [0.2, 0.25) is 5.02 Å². The molecule has 0 spiro atoms. The predicted molar refractivity (Wildman–Crippen MR) is 95.4 cm³/mol. The molecule has 24 heavy (non-hydrogen) atoms. The fourth-order valence-electron chi connectivity index (χ4n) is 2.90. The lowest BCUT2D eigenvalue weighted by Crippen LogP contribution is -2.47. The normalized spacial score (nSPS) is 16.1. The summed E-state index contributed by atoms with van der Waals surface area (Å²) in [7, 11) is -3.75. The first-order chi connectivity index (χ1) is 11.4. The first-order valence-electron chi connectivity index (χ1n) is 8.10. The van der Waals surface area contributed by atoms with E-state index in [9.17, 15) is 13.2 Å². The molecule has 1 aliphatic carbocycles. The molecule has 7 heteroatoms. The molecule has 0 aromatic heterocycles. The van der Waals surface area contributed by atoms with E-state index in [1.807, 2.05) is 0 Å². The van der Waals surface area contributed by atoms with E-state index in [0.717, 1.165) is 32.1 Å². The van der Waals surface area contributed by atoms with E-state index in [-0.39, 0.29) is 23.4 Å². The van der Waals surface area contributed by atoms with Crippen molar-refractivity contribution < 1.29 is 13.2 Å². The SMILES string of the molecule is C=CCNC(=O)CN(C1CCCCC1)S(=O)(=O)c1ccc(Cl)cc1. The summed E-state index contributed by atoms with van der Waals surface area (Å²) in [5, 5.41) is 3.12. The van der Waals surface area contributed by atoms with Gasteiger partial charge in [-0.1, -0.05) is 36.9 Å². The third-order valence-corrected chi connectivity index (χ3v) is 6.31. The van der Waals surface area contributed by atoms with Crippen molar-refractivity contribution in [2.75, 3.05) is 13.1 Å². The quantitative estimate of drug-likeness (QED) is 0.750.